The van der Waals surface area contributed by atoms with Crippen LogP contribution in [0, 0.1) is 0 Å². The number of rotatable bonds is 0. The zero-order chi connectivity index (χ0) is 9.16. The number of aliphatic hydroxyl groups excluding tert-OH is 3. The maximum Gasteiger partial charge on any atom is 0.272 e. The lowest BCUT2D eigenvalue weighted by molar-refractivity contribution is -0.286. The van der Waals surface area contributed by atoms with Crippen LogP contribution in [-0.2, 0) is 14.2 Å². The lowest BCUT2D eigenvalue weighted by Gasteiger charge is -2.41. The van der Waals surface area contributed by atoms with Crippen molar-refractivity contribution in [3.05, 3.63) is 0 Å². The van der Waals surface area contributed by atoms with Crippen molar-refractivity contribution in [1.82, 2.24) is 0 Å². The Labute approximate surface area is 73.6 Å². The van der Waals surface area contributed by atoms with Crippen molar-refractivity contribution in [2.45, 2.75) is 43.1 Å². The van der Waals surface area contributed by atoms with E-state index >= 15 is 0 Å². The van der Waals surface area contributed by atoms with Gasteiger partial charge in [0, 0.05) is 0 Å². The molecule has 0 aromatic carbocycles. The standard InChI is InChI=1S/C7H10O6/c8-1-2(9)4-6-5(3(1)10)12-7(11-4)13-6/h1-10H/t1?,2-,3+,4-,5-,6?,7?/m1/s1. The first-order valence-corrected chi connectivity index (χ1v) is 4.19. The molecule has 0 radical (unpaired) electrons. The van der Waals surface area contributed by atoms with E-state index in [4.69, 9.17) is 14.2 Å². The van der Waals surface area contributed by atoms with Crippen LogP contribution in [0.1, 0.15) is 0 Å². The summed E-state index contributed by atoms with van der Waals surface area (Å²) < 4.78 is 15.3. The molecule has 0 amide bonds. The second-order valence-corrected chi connectivity index (χ2v) is 3.56. The van der Waals surface area contributed by atoms with E-state index in [1.54, 1.807) is 0 Å². The minimum absolute atomic E-state index is 0.460. The van der Waals surface area contributed by atoms with Crippen LogP contribution < -0.4 is 0 Å². The monoisotopic (exact) mass is 190 g/mol. The molecule has 7 atom stereocenters. The van der Waals surface area contributed by atoms with Crippen molar-refractivity contribution < 1.29 is 29.5 Å². The van der Waals surface area contributed by atoms with Crippen LogP contribution in [-0.4, -0.2) is 58.4 Å². The summed E-state index contributed by atoms with van der Waals surface area (Å²) in [5, 5.41) is 28.3. The minimum Gasteiger partial charge on any atom is -0.387 e. The van der Waals surface area contributed by atoms with E-state index in [9.17, 15) is 15.3 Å². The maximum absolute atomic E-state index is 9.49. The van der Waals surface area contributed by atoms with Crippen molar-refractivity contribution >= 4 is 0 Å². The van der Waals surface area contributed by atoms with Crippen LogP contribution in [0.4, 0.5) is 0 Å². The normalized spacial score (nSPS) is 64.4. The molecule has 0 aromatic rings. The molecule has 2 saturated heterocycles. The Bertz CT molecular complexity index is 213. The fourth-order valence-corrected chi connectivity index (χ4v) is 2.12. The molecule has 3 fully saturated rings. The highest BCUT2D eigenvalue weighted by Gasteiger charge is 2.61. The average Bonchev–Trinajstić information content (AvgIpc) is 2.70. The molecule has 2 bridgehead atoms. The predicted octanol–water partition coefficient (Wildman–Crippen LogP) is -2.45. The molecular formula is C7H10O6. The molecule has 6 heteroatoms. The summed E-state index contributed by atoms with van der Waals surface area (Å²) in [7, 11) is 0. The summed E-state index contributed by atoms with van der Waals surface area (Å²) in [6.07, 6.45) is -5.06. The van der Waals surface area contributed by atoms with Gasteiger partial charge in [0.1, 0.15) is 36.6 Å². The highest BCUT2D eigenvalue weighted by Crippen LogP contribution is 2.40. The summed E-state index contributed by atoms with van der Waals surface area (Å²) in [5.41, 5.74) is 0. The topological polar surface area (TPSA) is 88.4 Å². The zero-order valence-electron chi connectivity index (χ0n) is 6.61. The minimum atomic E-state index is -1.23. The van der Waals surface area contributed by atoms with Gasteiger partial charge in [0.25, 0.3) is 6.48 Å². The fraction of sp³-hybridized carbons (Fsp3) is 1.00. The summed E-state index contributed by atoms with van der Waals surface area (Å²) >= 11 is 0. The van der Waals surface area contributed by atoms with E-state index in [0.29, 0.717) is 0 Å². The second kappa shape index (κ2) is 2.41. The molecule has 74 valence electrons. The lowest BCUT2D eigenvalue weighted by atomic mass is 9.85. The van der Waals surface area contributed by atoms with Gasteiger partial charge in [-0.05, 0) is 0 Å². The molecule has 1 aliphatic carbocycles. The van der Waals surface area contributed by atoms with E-state index in [2.05, 4.69) is 0 Å². The van der Waals surface area contributed by atoms with E-state index in [0.717, 1.165) is 0 Å². The number of hydrogen-bond acceptors (Lipinski definition) is 6. The molecule has 13 heavy (non-hydrogen) atoms. The number of ether oxygens (including phenoxy) is 3. The quantitative estimate of drug-likeness (QED) is 0.393. The molecule has 1 saturated carbocycles. The van der Waals surface area contributed by atoms with Crippen molar-refractivity contribution in [3.8, 4) is 0 Å². The van der Waals surface area contributed by atoms with Crippen LogP contribution in [0.25, 0.3) is 0 Å². The highest BCUT2D eigenvalue weighted by molar-refractivity contribution is 5.05. The Morgan fingerprint density at radius 2 is 1.08 bits per heavy atom. The van der Waals surface area contributed by atoms with Crippen LogP contribution in [0.3, 0.4) is 0 Å². The summed E-state index contributed by atoms with van der Waals surface area (Å²) in [5.74, 6) is 0. The Kier molecular flexibility index (Phi) is 1.50. The Balaban J connectivity index is 1.93. The van der Waals surface area contributed by atoms with Gasteiger partial charge in [0.05, 0.1) is 0 Å². The van der Waals surface area contributed by atoms with Gasteiger partial charge >= 0.3 is 0 Å². The third-order valence-corrected chi connectivity index (χ3v) is 2.83. The zero-order valence-corrected chi connectivity index (χ0v) is 6.61. The molecule has 0 aromatic heterocycles. The number of aliphatic hydroxyl groups is 3. The first kappa shape index (κ1) is 8.10. The predicted molar refractivity (Wildman–Crippen MR) is 36.4 cm³/mol. The summed E-state index contributed by atoms with van der Waals surface area (Å²) in [6, 6.07) is 0. The first-order chi connectivity index (χ1) is 6.18. The van der Waals surface area contributed by atoms with Gasteiger partial charge in [-0.25, -0.2) is 0 Å². The molecule has 3 rings (SSSR count). The Morgan fingerprint density at radius 1 is 0.615 bits per heavy atom. The van der Waals surface area contributed by atoms with Gasteiger partial charge in [-0.1, -0.05) is 0 Å². The van der Waals surface area contributed by atoms with Crippen molar-refractivity contribution in [2.75, 3.05) is 0 Å². The third kappa shape index (κ3) is 0.876. The largest absolute Gasteiger partial charge is 0.387 e. The van der Waals surface area contributed by atoms with Crippen LogP contribution in [0.5, 0.6) is 0 Å². The molecule has 0 spiro atoms. The van der Waals surface area contributed by atoms with Gasteiger partial charge in [-0.15, -0.1) is 0 Å². The van der Waals surface area contributed by atoms with Gasteiger partial charge in [-0.3, -0.25) is 0 Å². The molecule has 6 nitrogen and oxygen atoms in total. The van der Waals surface area contributed by atoms with Crippen molar-refractivity contribution in [3.63, 3.8) is 0 Å². The molecule has 2 heterocycles. The molecule has 3 unspecified atom stereocenters. The SMILES string of the molecule is OC1[C@@H](O)[C@H]2OC3OC2[C@H](O3)[C@H]1O. The van der Waals surface area contributed by atoms with Crippen molar-refractivity contribution in [1.29, 1.82) is 0 Å². The highest BCUT2D eigenvalue weighted by atomic mass is 16.9. The molecule has 2 aliphatic heterocycles. The Morgan fingerprint density at radius 3 is 1.54 bits per heavy atom. The van der Waals surface area contributed by atoms with Crippen LogP contribution in [0.2, 0.25) is 0 Å². The van der Waals surface area contributed by atoms with E-state index < -0.39 is 43.1 Å². The van der Waals surface area contributed by atoms with Crippen LogP contribution in [0.15, 0.2) is 0 Å². The molecule has 3 aliphatic rings. The van der Waals surface area contributed by atoms with Crippen LogP contribution >= 0.6 is 0 Å². The van der Waals surface area contributed by atoms with E-state index in [1.165, 1.54) is 0 Å². The van der Waals surface area contributed by atoms with E-state index in [1.807, 2.05) is 0 Å². The van der Waals surface area contributed by atoms with Gasteiger partial charge in [-0.2, -0.15) is 0 Å². The number of hydrogen-bond donors (Lipinski definition) is 3. The average molecular weight is 190 g/mol. The van der Waals surface area contributed by atoms with Gasteiger partial charge in [0.15, 0.2) is 0 Å². The van der Waals surface area contributed by atoms with Crippen molar-refractivity contribution in [2.24, 2.45) is 0 Å². The number of fused-ring (bicyclic) bond motifs is 1. The molecule has 3 N–H and O–H groups in total. The van der Waals surface area contributed by atoms with Gasteiger partial charge in [0.2, 0.25) is 0 Å². The van der Waals surface area contributed by atoms with Gasteiger partial charge < -0.3 is 29.5 Å². The Hall–Kier alpha value is -0.240. The molecular weight excluding hydrogens is 180 g/mol. The summed E-state index contributed by atoms with van der Waals surface area (Å²) in [6.45, 7) is -0.795. The first-order valence-electron chi connectivity index (χ1n) is 4.19. The maximum atomic E-state index is 9.49. The second-order valence-electron chi connectivity index (χ2n) is 3.56. The smallest absolute Gasteiger partial charge is 0.272 e. The fourth-order valence-electron chi connectivity index (χ4n) is 2.12. The van der Waals surface area contributed by atoms with E-state index in [-0.39, 0.29) is 0 Å². The lowest BCUT2D eigenvalue weighted by Crippen LogP contribution is -2.63. The third-order valence-electron chi connectivity index (χ3n) is 2.83. The summed E-state index contributed by atoms with van der Waals surface area (Å²) in [4.78, 5) is 0.